The first-order valence-electron chi connectivity index (χ1n) is 4.82. The molecule has 0 spiro atoms. The highest BCUT2D eigenvalue weighted by atomic mass is 16.4. The minimum atomic E-state index is -0.610. The van der Waals surface area contributed by atoms with E-state index in [0.29, 0.717) is 5.92 Å². The van der Waals surface area contributed by atoms with Gasteiger partial charge < -0.3 is 5.11 Å². The van der Waals surface area contributed by atoms with E-state index >= 15 is 0 Å². The van der Waals surface area contributed by atoms with Crippen LogP contribution in [0.5, 0.6) is 0 Å². The summed E-state index contributed by atoms with van der Waals surface area (Å²) in [4.78, 5) is 10.9. The van der Waals surface area contributed by atoms with Crippen LogP contribution < -0.4 is 0 Å². The number of hydrogen-bond acceptors (Lipinski definition) is 1. The molecule has 0 aromatic heterocycles. The molecule has 0 saturated heterocycles. The van der Waals surface area contributed by atoms with Crippen LogP contribution in [0.25, 0.3) is 0 Å². The molecular formula is C10H18O2. The Bertz CT molecular complexity index is 177. The van der Waals surface area contributed by atoms with Crippen LogP contribution in [0, 0.1) is 11.3 Å². The Balaban J connectivity index is 2.49. The molecule has 1 aliphatic rings. The zero-order chi connectivity index (χ0) is 9.19. The topological polar surface area (TPSA) is 37.3 Å². The first-order valence-corrected chi connectivity index (χ1v) is 4.82. The molecule has 0 aliphatic heterocycles. The smallest absolute Gasteiger partial charge is 0.309 e. The predicted octanol–water partition coefficient (Wildman–Crippen LogP) is 2.68. The molecule has 1 N–H and O–H groups in total. The Morgan fingerprint density at radius 2 is 2.33 bits per heavy atom. The van der Waals surface area contributed by atoms with Crippen molar-refractivity contribution >= 4 is 5.97 Å². The molecule has 0 bridgehead atoms. The third-order valence-corrected chi connectivity index (χ3v) is 3.06. The largest absolute Gasteiger partial charge is 0.481 e. The number of hydrogen-bond donors (Lipinski definition) is 1. The highest BCUT2D eigenvalue weighted by molar-refractivity contribution is 5.74. The molecule has 0 heterocycles. The van der Waals surface area contributed by atoms with Crippen LogP contribution in [0.3, 0.4) is 0 Å². The van der Waals surface area contributed by atoms with Crippen molar-refractivity contribution < 1.29 is 9.90 Å². The van der Waals surface area contributed by atoms with Crippen molar-refractivity contribution in [3.8, 4) is 0 Å². The molecule has 1 fully saturated rings. The third-order valence-electron chi connectivity index (χ3n) is 3.06. The Kier molecular flexibility index (Phi) is 2.76. The Morgan fingerprint density at radius 3 is 2.75 bits per heavy atom. The molecule has 2 unspecified atom stereocenters. The Hall–Kier alpha value is -0.530. The zero-order valence-electron chi connectivity index (χ0n) is 7.97. The van der Waals surface area contributed by atoms with Gasteiger partial charge in [-0.2, -0.15) is 0 Å². The highest BCUT2D eigenvalue weighted by Crippen LogP contribution is 2.43. The fourth-order valence-electron chi connectivity index (χ4n) is 2.21. The van der Waals surface area contributed by atoms with Crippen molar-refractivity contribution in [2.75, 3.05) is 0 Å². The molecule has 0 radical (unpaired) electrons. The number of carboxylic acids is 1. The van der Waals surface area contributed by atoms with Gasteiger partial charge in [-0.3, -0.25) is 4.79 Å². The van der Waals surface area contributed by atoms with Crippen LogP contribution in [-0.4, -0.2) is 11.1 Å². The van der Waals surface area contributed by atoms with Crippen LogP contribution in [0.15, 0.2) is 0 Å². The average Bonchev–Trinajstić information content (AvgIpc) is 2.34. The summed E-state index contributed by atoms with van der Waals surface area (Å²) >= 11 is 0. The summed E-state index contributed by atoms with van der Waals surface area (Å²) in [6, 6.07) is 0. The lowest BCUT2D eigenvalue weighted by atomic mass is 9.87. The minimum absolute atomic E-state index is 0.417. The second-order valence-corrected chi connectivity index (χ2v) is 4.26. The lowest BCUT2D eigenvalue weighted by Crippen LogP contribution is -2.23. The second kappa shape index (κ2) is 3.46. The monoisotopic (exact) mass is 170 g/mol. The van der Waals surface area contributed by atoms with Crippen molar-refractivity contribution in [2.24, 2.45) is 11.3 Å². The van der Waals surface area contributed by atoms with E-state index in [-0.39, 0.29) is 0 Å². The molecule has 1 aliphatic carbocycles. The molecule has 70 valence electrons. The minimum Gasteiger partial charge on any atom is -0.481 e. The van der Waals surface area contributed by atoms with Gasteiger partial charge >= 0.3 is 5.97 Å². The molecular weight excluding hydrogens is 152 g/mol. The fourth-order valence-corrected chi connectivity index (χ4v) is 2.21. The first-order chi connectivity index (χ1) is 5.58. The van der Waals surface area contributed by atoms with E-state index in [4.69, 9.17) is 5.11 Å². The predicted molar refractivity (Wildman–Crippen MR) is 48.0 cm³/mol. The van der Waals surface area contributed by atoms with Crippen molar-refractivity contribution in [3.05, 3.63) is 0 Å². The van der Waals surface area contributed by atoms with E-state index in [1.807, 2.05) is 6.92 Å². The summed E-state index contributed by atoms with van der Waals surface area (Å²) in [5.74, 6) is 0.0530. The summed E-state index contributed by atoms with van der Waals surface area (Å²) in [6.07, 6.45) is 5.24. The van der Waals surface area contributed by atoms with Gasteiger partial charge in [0.05, 0.1) is 5.41 Å². The van der Waals surface area contributed by atoms with Crippen LogP contribution in [-0.2, 0) is 4.79 Å². The molecule has 12 heavy (non-hydrogen) atoms. The lowest BCUT2D eigenvalue weighted by Gasteiger charge is -2.17. The standard InChI is InChI=1S/C10H18O2/c1-3-4-8-5-6-10(2,7-8)9(11)12/h8H,3-7H2,1-2H3,(H,11,12). The maximum atomic E-state index is 10.9. The van der Waals surface area contributed by atoms with Gasteiger partial charge in [0.2, 0.25) is 0 Å². The number of rotatable bonds is 3. The summed E-state index contributed by atoms with van der Waals surface area (Å²) < 4.78 is 0. The summed E-state index contributed by atoms with van der Waals surface area (Å²) in [5, 5.41) is 8.96. The van der Waals surface area contributed by atoms with Crippen molar-refractivity contribution in [1.82, 2.24) is 0 Å². The summed E-state index contributed by atoms with van der Waals surface area (Å²) in [7, 11) is 0. The average molecular weight is 170 g/mol. The molecule has 2 heteroatoms. The van der Waals surface area contributed by atoms with E-state index in [2.05, 4.69) is 6.92 Å². The maximum Gasteiger partial charge on any atom is 0.309 e. The SMILES string of the molecule is CCCC1CCC(C)(C(=O)O)C1. The van der Waals surface area contributed by atoms with Gasteiger partial charge in [-0.25, -0.2) is 0 Å². The van der Waals surface area contributed by atoms with Gasteiger partial charge in [0.15, 0.2) is 0 Å². The second-order valence-electron chi connectivity index (χ2n) is 4.26. The van der Waals surface area contributed by atoms with Crippen molar-refractivity contribution in [3.63, 3.8) is 0 Å². The number of carbonyl (C=O) groups is 1. The van der Waals surface area contributed by atoms with Crippen molar-refractivity contribution in [1.29, 1.82) is 0 Å². The van der Waals surface area contributed by atoms with E-state index in [0.717, 1.165) is 19.3 Å². The van der Waals surface area contributed by atoms with Gasteiger partial charge in [-0.15, -0.1) is 0 Å². The third kappa shape index (κ3) is 1.79. The summed E-state index contributed by atoms with van der Waals surface area (Å²) in [6.45, 7) is 4.04. The fraction of sp³-hybridized carbons (Fsp3) is 0.900. The lowest BCUT2D eigenvalue weighted by molar-refractivity contribution is -0.147. The number of carboxylic acid groups (broad SMARTS) is 1. The molecule has 1 rings (SSSR count). The molecule has 1 saturated carbocycles. The number of aliphatic carboxylic acids is 1. The molecule has 2 atom stereocenters. The molecule has 0 aromatic rings. The van der Waals surface area contributed by atoms with E-state index in [1.165, 1.54) is 12.8 Å². The van der Waals surface area contributed by atoms with Gasteiger partial charge in [0, 0.05) is 0 Å². The normalized spacial score (nSPS) is 35.3. The first kappa shape index (κ1) is 9.56. The van der Waals surface area contributed by atoms with E-state index < -0.39 is 11.4 Å². The molecule has 2 nitrogen and oxygen atoms in total. The highest BCUT2D eigenvalue weighted by Gasteiger charge is 2.40. The van der Waals surface area contributed by atoms with Gasteiger partial charge in [0.1, 0.15) is 0 Å². The Morgan fingerprint density at radius 1 is 1.67 bits per heavy atom. The molecule has 0 amide bonds. The molecule has 0 aromatic carbocycles. The Labute approximate surface area is 74.0 Å². The zero-order valence-corrected chi connectivity index (χ0v) is 7.97. The van der Waals surface area contributed by atoms with Gasteiger partial charge in [-0.1, -0.05) is 19.8 Å². The van der Waals surface area contributed by atoms with Crippen LogP contribution in [0.2, 0.25) is 0 Å². The van der Waals surface area contributed by atoms with Gasteiger partial charge in [0.25, 0.3) is 0 Å². The van der Waals surface area contributed by atoms with Crippen molar-refractivity contribution in [2.45, 2.75) is 46.0 Å². The maximum absolute atomic E-state index is 10.9. The quantitative estimate of drug-likeness (QED) is 0.707. The van der Waals surface area contributed by atoms with Gasteiger partial charge in [-0.05, 0) is 32.1 Å². The van der Waals surface area contributed by atoms with E-state index in [9.17, 15) is 4.79 Å². The van der Waals surface area contributed by atoms with Crippen LogP contribution >= 0.6 is 0 Å². The summed E-state index contributed by atoms with van der Waals surface area (Å²) in [5.41, 5.74) is -0.417. The van der Waals surface area contributed by atoms with Crippen LogP contribution in [0.4, 0.5) is 0 Å². The van der Waals surface area contributed by atoms with Crippen LogP contribution in [0.1, 0.15) is 46.0 Å². The van der Waals surface area contributed by atoms with E-state index in [1.54, 1.807) is 0 Å².